The molecule has 1 heterocycles. The molecule has 0 unspecified atom stereocenters. The molecular formula is C16H21N3O. The van der Waals surface area contributed by atoms with Gasteiger partial charge in [0.15, 0.2) is 0 Å². The molecule has 20 heavy (non-hydrogen) atoms. The molecule has 4 nitrogen and oxygen atoms in total. The minimum absolute atomic E-state index is 0.642. The van der Waals surface area contributed by atoms with Crippen molar-refractivity contribution in [3.63, 3.8) is 0 Å². The molecule has 1 aliphatic rings. The molecule has 106 valence electrons. The van der Waals surface area contributed by atoms with Crippen LogP contribution in [0.2, 0.25) is 0 Å². The van der Waals surface area contributed by atoms with Crippen LogP contribution < -0.4 is 10.1 Å². The van der Waals surface area contributed by atoms with Crippen molar-refractivity contribution in [2.45, 2.75) is 38.9 Å². The monoisotopic (exact) mass is 271 g/mol. The van der Waals surface area contributed by atoms with Crippen LogP contribution in [0, 0.1) is 6.92 Å². The summed E-state index contributed by atoms with van der Waals surface area (Å²) in [6, 6.07) is 11.0. The Labute approximate surface area is 119 Å². The molecule has 1 saturated carbocycles. The van der Waals surface area contributed by atoms with Gasteiger partial charge in [-0.25, -0.2) is 0 Å². The van der Waals surface area contributed by atoms with Crippen LogP contribution in [0.25, 0.3) is 0 Å². The van der Waals surface area contributed by atoms with Crippen molar-refractivity contribution in [3.8, 4) is 5.75 Å². The van der Waals surface area contributed by atoms with Crippen molar-refractivity contribution in [1.82, 2.24) is 15.1 Å². The summed E-state index contributed by atoms with van der Waals surface area (Å²) in [7, 11) is 0. The van der Waals surface area contributed by atoms with Gasteiger partial charge in [0, 0.05) is 30.0 Å². The highest BCUT2D eigenvalue weighted by molar-refractivity contribution is 5.33. The van der Waals surface area contributed by atoms with E-state index in [4.69, 9.17) is 4.74 Å². The highest BCUT2D eigenvalue weighted by Crippen LogP contribution is 2.22. The molecule has 0 saturated heterocycles. The summed E-state index contributed by atoms with van der Waals surface area (Å²) in [6.07, 6.45) is 4.44. The van der Waals surface area contributed by atoms with Crippen LogP contribution in [0.1, 0.15) is 24.1 Å². The van der Waals surface area contributed by atoms with Crippen molar-refractivity contribution < 1.29 is 4.74 Å². The molecule has 1 aromatic carbocycles. The van der Waals surface area contributed by atoms with Crippen LogP contribution in [0.4, 0.5) is 0 Å². The molecular weight excluding hydrogens is 250 g/mol. The number of hydrogen-bond acceptors (Lipinski definition) is 3. The van der Waals surface area contributed by atoms with Gasteiger partial charge in [-0.2, -0.15) is 5.10 Å². The van der Waals surface area contributed by atoms with Crippen LogP contribution in [0.3, 0.4) is 0 Å². The Bertz CT molecular complexity index is 560. The Balaban J connectivity index is 1.54. The second kappa shape index (κ2) is 6.09. The van der Waals surface area contributed by atoms with E-state index in [1.165, 1.54) is 18.4 Å². The van der Waals surface area contributed by atoms with Gasteiger partial charge in [-0.15, -0.1) is 0 Å². The number of hydrogen-bond donors (Lipinski definition) is 1. The van der Waals surface area contributed by atoms with Gasteiger partial charge in [0.25, 0.3) is 0 Å². The molecule has 3 rings (SSSR count). The van der Waals surface area contributed by atoms with Gasteiger partial charge >= 0.3 is 0 Å². The summed E-state index contributed by atoms with van der Waals surface area (Å²) in [4.78, 5) is 0. The lowest BCUT2D eigenvalue weighted by molar-refractivity contribution is 0.286. The molecule has 2 aromatic rings. The maximum absolute atomic E-state index is 5.92. The highest BCUT2D eigenvalue weighted by atomic mass is 16.5. The minimum atomic E-state index is 0.642. The largest absolute Gasteiger partial charge is 0.491 e. The fourth-order valence-electron chi connectivity index (χ4n) is 2.21. The van der Waals surface area contributed by atoms with E-state index in [0.29, 0.717) is 6.61 Å². The predicted octanol–water partition coefficient (Wildman–Crippen LogP) is 2.52. The summed E-state index contributed by atoms with van der Waals surface area (Å²) in [6.45, 7) is 4.37. The Morgan fingerprint density at radius 2 is 2.15 bits per heavy atom. The molecule has 0 spiro atoms. The molecule has 0 aliphatic heterocycles. The van der Waals surface area contributed by atoms with E-state index in [9.17, 15) is 0 Å². The van der Waals surface area contributed by atoms with Crippen molar-refractivity contribution in [2.75, 3.05) is 6.61 Å². The number of benzene rings is 1. The topological polar surface area (TPSA) is 39.1 Å². The van der Waals surface area contributed by atoms with Gasteiger partial charge in [0.05, 0.1) is 6.54 Å². The van der Waals surface area contributed by atoms with E-state index < -0.39 is 0 Å². The van der Waals surface area contributed by atoms with Crippen LogP contribution in [-0.4, -0.2) is 22.4 Å². The normalized spacial score (nSPS) is 14.4. The molecule has 1 fully saturated rings. The number of nitrogens with one attached hydrogen (secondary N) is 1. The zero-order valence-corrected chi connectivity index (χ0v) is 11.9. The van der Waals surface area contributed by atoms with Gasteiger partial charge in [-0.05, 0) is 31.9 Å². The van der Waals surface area contributed by atoms with Gasteiger partial charge in [0.1, 0.15) is 12.4 Å². The molecule has 1 aromatic heterocycles. The first kappa shape index (κ1) is 13.2. The van der Waals surface area contributed by atoms with Gasteiger partial charge < -0.3 is 10.1 Å². The van der Waals surface area contributed by atoms with E-state index in [1.807, 2.05) is 29.1 Å². The molecule has 4 heteroatoms. The number of ether oxygens (including phenoxy) is 1. The van der Waals surface area contributed by atoms with Crippen LogP contribution in [-0.2, 0) is 13.1 Å². The molecule has 1 N–H and O–H groups in total. The summed E-state index contributed by atoms with van der Waals surface area (Å²) in [5.41, 5.74) is 2.40. The molecule has 0 bridgehead atoms. The maximum atomic E-state index is 5.92. The number of aromatic nitrogens is 2. The standard InChI is InChI=1S/C16H21N3O/c1-13-8-9-18-19(13)10-11-20-16-5-3-2-4-14(16)12-17-15-6-7-15/h2-5,8-9,15,17H,6-7,10-12H2,1H3. The van der Waals surface area contributed by atoms with E-state index >= 15 is 0 Å². The lowest BCUT2D eigenvalue weighted by atomic mass is 10.2. The summed E-state index contributed by atoms with van der Waals surface area (Å²) in [5, 5.41) is 7.79. The van der Waals surface area contributed by atoms with Crippen molar-refractivity contribution >= 4 is 0 Å². The molecule has 0 radical (unpaired) electrons. The second-order valence-corrected chi connectivity index (χ2v) is 5.31. The summed E-state index contributed by atoms with van der Waals surface area (Å²) >= 11 is 0. The van der Waals surface area contributed by atoms with Gasteiger partial charge in [-0.3, -0.25) is 4.68 Å². The second-order valence-electron chi connectivity index (χ2n) is 5.31. The lowest BCUT2D eigenvalue weighted by Gasteiger charge is -2.12. The third kappa shape index (κ3) is 3.39. The quantitative estimate of drug-likeness (QED) is 0.841. The maximum Gasteiger partial charge on any atom is 0.123 e. The van der Waals surface area contributed by atoms with Gasteiger partial charge in [0.2, 0.25) is 0 Å². The van der Waals surface area contributed by atoms with E-state index in [0.717, 1.165) is 30.6 Å². The molecule has 0 atom stereocenters. The number of rotatable bonds is 7. The summed E-state index contributed by atoms with van der Waals surface area (Å²) in [5.74, 6) is 0.977. The zero-order valence-electron chi connectivity index (χ0n) is 11.9. The van der Waals surface area contributed by atoms with E-state index in [-0.39, 0.29) is 0 Å². The zero-order chi connectivity index (χ0) is 13.8. The average molecular weight is 271 g/mol. The Morgan fingerprint density at radius 3 is 2.90 bits per heavy atom. The Kier molecular flexibility index (Phi) is 4.02. The minimum Gasteiger partial charge on any atom is -0.491 e. The van der Waals surface area contributed by atoms with E-state index in [1.54, 1.807) is 0 Å². The van der Waals surface area contributed by atoms with Gasteiger partial charge in [-0.1, -0.05) is 18.2 Å². The highest BCUT2D eigenvalue weighted by Gasteiger charge is 2.20. The Morgan fingerprint density at radius 1 is 1.30 bits per heavy atom. The third-order valence-electron chi connectivity index (χ3n) is 3.62. The fourth-order valence-corrected chi connectivity index (χ4v) is 2.21. The molecule has 1 aliphatic carbocycles. The van der Waals surface area contributed by atoms with Crippen molar-refractivity contribution in [2.24, 2.45) is 0 Å². The average Bonchev–Trinajstić information content (AvgIpc) is 3.21. The fraction of sp³-hybridized carbons (Fsp3) is 0.438. The summed E-state index contributed by atoms with van der Waals surface area (Å²) < 4.78 is 7.88. The SMILES string of the molecule is Cc1ccnn1CCOc1ccccc1CNC1CC1. The van der Waals surface area contributed by atoms with Crippen LogP contribution in [0.5, 0.6) is 5.75 Å². The first-order valence-corrected chi connectivity index (χ1v) is 7.25. The van der Waals surface area contributed by atoms with Crippen LogP contribution >= 0.6 is 0 Å². The van der Waals surface area contributed by atoms with E-state index in [2.05, 4.69) is 29.5 Å². The predicted molar refractivity (Wildman–Crippen MR) is 78.8 cm³/mol. The lowest BCUT2D eigenvalue weighted by Crippen LogP contribution is -2.17. The number of para-hydroxylation sites is 1. The van der Waals surface area contributed by atoms with Crippen LogP contribution in [0.15, 0.2) is 36.5 Å². The first-order valence-electron chi connectivity index (χ1n) is 7.25. The number of aryl methyl sites for hydroxylation is 1. The Hall–Kier alpha value is -1.81. The van der Waals surface area contributed by atoms with Crippen molar-refractivity contribution in [1.29, 1.82) is 0 Å². The number of nitrogens with zero attached hydrogens (tertiary/aromatic N) is 2. The first-order chi connectivity index (χ1) is 9.83. The smallest absolute Gasteiger partial charge is 0.123 e. The van der Waals surface area contributed by atoms with Crippen molar-refractivity contribution in [3.05, 3.63) is 47.8 Å². The molecule has 0 amide bonds. The third-order valence-corrected chi connectivity index (χ3v) is 3.62.